The number of likely N-dealkylation sites (tertiary alicyclic amines) is 1. The minimum Gasteiger partial charge on any atom is -0.320 e. The minimum absolute atomic E-state index is 0.109. The highest BCUT2D eigenvalue weighted by atomic mass is 19.3. The molecule has 0 spiro atoms. The Balaban J connectivity index is 1.43. The molecular formula is C22H29F2N7O. The van der Waals surface area contributed by atoms with E-state index in [9.17, 15) is 13.6 Å². The van der Waals surface area contributed by atoms with Crippen LogP contribution in [0.15, 0.2) is 17.1 Å². The zero-order chi connectivity index (χ0) is 22.5. The van der Waals surface area contributed by atoms with Crippen LogP contribution in [-0.4, -0.2) is 63.5 Å². The van der Waals surface area contributed by atoms with Crippen LogP contribution in [-0.2, 0) is 26.4 Å². The van der Waals surface area contributed by atoms with Gasteiger partial charge in [-0.25, -0.2) is 18.7 Å². The predicted molar refractivity (Wildman–Crippen MR) is 117 cm³/mol. The summed E-state index contributed by atoms with van der Waals surface area (Å²) in [6, 6.07) is 1.90. The zero-order valence-corrected chi connectivity index (χ0v) is 18.5. The van der Waals surface area contributed by atoms with Crippen molar-refractivity contribution in [2.24, 2.45) is 7.05 Å². The second kappa shape index (κ2) is 8.17. The Kier molecular flexibility index (Phi) is 5.47. The van der Waals surface area contributed by atoms with Gasteiger partial charge < -0.3 is 14.8 Å². The molecule has 3 aliphatic heterocycles. The van der Waals surface area contributed by atoms with Crippen molar-refractivity contribution >= 4 is 11.6 Å². The van der Waals surface area contributed by atoms with E-state index in [1.807, 2.05) is 11.0 Å². The van der Waals surface area contributed by atoms with Gasteiger partial charge in [-0.15, -0.1) is 0 Å². The summed E-state index contributed by atoms with van der Waals surface area (Å²) in [6.07, 6.45) is 2.90. The maximum absolute atomic E-state index is 13.6. The largest absolute Gasteiger partial charge is 0.320 e. The van der Waals surface area contributed by atoms with Crippen LogP contribution >= 0.6 is 0 Å². The van der Waals surface area contributed by atoms with Gasteiger partial charge in [-0.1, -0.05) is 0 Å². The molecule has 1 atom stereocenters. The van der Waals surface area contributed by atoms with Gasteiger partial charge in [-0.3, -0.25) is 15.0 Å². The smallest absolute Gasteiger partial charge is 0.274 e. The zero-order valence-electron chi connectivity index (χ0n) is 18.5. The number of anilines is 2. The van der Waals surface area contributed by atoms with Crippen LogP contribution in [0.5, 0.6) is 0 Å². The lowest BCUT2D eigenvalue weighted by Gasteiger charge is -2.39. The second-order valence-corrected chi connectivity index (χ2v) is 9.11. The molecule has 1 unspecified atom stereocenters. The van der Waals surface area contributed by atoms with Gasteiger partial charge in [0.05, 0.1) is 5.69 Å². The van der Waals surface area contributed by atoms with Gasteiger partial charge in [0.15, 0.2) is 0 Å². The van der Waals surface area contributed by atoms with Crippen LogP contribution < -0.4 is 16.2 Å². The van der Waals surface area contributed by atoms with Gasteiger partial charge in [0.1, 0.15) is 11.9 Å². The van der Waals surface area contributed by atoms with Crippen molar-refractivity contribution in [2.75, 3.05) is 38.5 Å². The Bertz CT molecular complexity index is 1080. The highest BCUT2D eigenvalue weighted by Gasteiger charge is 2.38. The minimum atomic E-state index is -2.59. The molecule has 2 aromatic heterocycles. The summed E-state index contributed by atoms with van der Waals surface area (Å²) < 4.78 is 29.0. The fourth-order valence-electron chi connectivity index (χ4n) is 4.94. The number of aromatic nitrogens is 3. The lowest BCUT2D eigenvalue weighted by molar-refractivity contribution is -0.0671. The van der Waals surface area contributed by atoms with Crippen molar-refractivity contribution in [2.45, 2.75) is 44.3 Å². The molecule has 10 heteroatoms. The van der Waals surface area contributed by atoms with Crippen molar-refractivity contribution in [1.82, 2.24) is 29.7 Å². The van der Waals surface area contributed by atoms with Crippen LogP contribution in [0.1, 0.15) is 41.5 Å². The van der Waals surface area contributed by atoms with Gasteiger partial charge in [0.2, 0.25) is 5.95 Å². The third kappa shape index (κ3) is 4.02. The van der Waals surface area contributed by atoms with Crippen LogP contribution in [0.3, 0.4) is 0 Å². The summed E-state index contributed by atoms with van der Waals surface area (Å²) in [6.45, 7) is 3.09. The molecule has 1 saturated heterocycles. The number of fused-ring (bicyclic) bond motifs is 2. The molecule has 0 saturated carbocycles. The van der Waals surface area contributed by atoms with Gasteiger partial charge >= 0.3 is 0 Å². The number of nitrogens with zero attached hydrogens (tertiary/aromatic N) is 5. The number of halogens is 2. The van der Waals surface area contributed by atoms with E-state index in [1.54, 1.807) is 17.8 Å². The van der Waals surface area contributed by atoms with Crippen molar-refractivity contribution in [3.8, 4) is 0 Å². The first kappa shape index (κ1) is 21.4. The van der Waals surface area contributed by atoms with E-state index in [1.165, 1.54) is 0 Å². The molecule has 0 aromatic carbocycles. The number of nitrogens with one attached hydrogen (secondary N) is 2. The number of hydrogen-bond acceptors (Lipinski definition) is 7. The maximum Gasteiger partial charge on any atom is 0.274 e. The first-order chi connectivity index (χ1) is 15.3. The molecule has 2 N–H and O–H groups in total. The molecule has 1 fully saturated rings. The number of pyridine rings is 1. The molecule has 172 valence electrons. The summed E-state index contributed by atoms with van der Waals surface area (Å²) in [5.74, 6) is -2.24. The van der Waals surface area contributed by atoms with Crippen LogP contribution in [0.25, 0.3) is 0 Å². The summed E-state index contributed by atoms with van der Waals surface area (Å²) in [5.41, 5.74) is 4.33. The lowest BCUT2D eigenvalue weighted by atomic mass is 10.0. The third-order valence-electron chi connectivity index (χ3n) is 6.83. The quantitative estimate of drug-likeness (QED) is 0.746. The van der Waals surface area contributed by atoms with E-state index in [4.69, 9.17) is 4.98 Å². The van der Waals surface area contributed by atoms with E-state index in [0.717, 1.165) is 55.0 Å². The fourth-order valence-corrected chi connectivity index (χ4v) is 4.94. The number of rotatable bonds is 3. The average Bonchev–Trinajstić information content (AvgIpc) is 2.77. The lowest BCUT2D eigenvalue weighted by Crippen LogP contribution is -2.48. The standard InChI is InChI=1S/C22H29F2N7O/c1-29-8-4-17-15(13-29)11-16(20(32)30(17)2)27-21-26-12-14-3-7-25-19(18(14)28-21)31-9-5-22(23,24)6-10-31/h11-12,19,25H,3-10,13H2,1-2H3,(H,26,27,28). The molecule has 32 heavy (non-hydrogen) atoms. The molecule has 0 bridgehead atoms. The molecule has 3 aliphatic rings. The van der Waals surface area contributed by atoms with Crippen LogP contribution in [0.4, 0.5) is 20.4 Å². The van der Waals surface area contributed by atoms with E-state index < -0.39 is 5.92 Å². The Morgan fingerprint density at radius 2 is 1.94 bits per heavy atom. The molecule has 5 rings (SSSR count). The van der Waals surface area contributed by atoms with E-state index >= 15 is 0 Å². The molecular weight excluding hydrogens is 416 g/mol. The molecule has 0 aliphatic carbocycles. The van der Waals surface area contributed by atoms with E-state index in [-0.39, 0.29) is 24.6 Å². The number of likely N-dealkylation sites (N-methyl/N-ethyl adjacent to an activating group) is 1. The summed E-state index contributed by atoms with van der Waals surface area (Å²) in [4.78, 5) is 26.3. The van der Waals surface area contributed by atoms with Crippen molar-refractivity contribution in [3.05, 3.63) is 45.1 Å². The Morgan fingerprint density at radius 3 is 2.72 bits per heavy atom. The van der Waals surface area contributed by atoms with Gasteiger partial charge in [0.25, 0.3) is 11.5 Å². The van der Waals surface area contributed by atoms with Crippen LogP contribution in [0.2, 0.25) is 0 Å². The SMILES string of the molecule is CN1CCc2c(cc(Nc3ncc4c(n3)C(N3CCC(F)(F)CC3)NCC4)c(=O)n2C)C1. The normalized spacial score (nSPS) is 23.4. The highest BCUT2D eigenvalue weighted by molar-refractivity contribution is 5.54. The number of alkyl halides is 2. The first-order valence-electron chi connectivity index (χ1n) is 11.2. The molecule has 5 heterocycles. The van der Waals surface area contributed by atoms with E-state index in [2.05, 4.69) is 27.6 Å². The fraction of sp³-hybridized carbons (Fsp3) is 0.591. The topological polar surface area (TPSA) is 78.3 Å². The van der Waals surface area contributed by atoms with Crippen molar-refractivity contribution in [1.29, 1.82) is 0 Å². The van der Waals surface area contributed by atoms with Gasteiger partial charge in [-0.05, 0) is 30.7 Å². The predicted octanol–water partition coefficient (Wildman–Crippen LogP) is 1.78. The molecule has 0 amide bonds. The third-order valence-corrected chi connectivity index (χ3v) is 6.83. The highest BCUT2D eigenvalue weighted by Crippen LogP contribution is 2.33. The monoisotopic (exact) mass is 445 g/mol. The molecule has 8 nitrogen and oxygen atoms in total. The van der Waals surface area contributed by atoms with Crippen LogP contribution in [0, 0.1) is 0 Å². The maximum atomic E-state index is 13.6. The van der Waals surface area contributed by atoms with Crippen molar-refractivity contribution in [3.63, 3.8) is 0 Å². The summed E-state index contributed by atoms with van der Waals surface area (Å²) in [7, 11) is 3.87. The summed E-state index contributed by atoms with van der Waals surface area (Å²) in [5, 5.41) is 6.55. The Morgan fingerprint density at radius 1 is 1.16 bits per heavy atom. The molecule has 0 radical (unpaired) electrons. The number of hydrogen-bond donors (Lipinski definition) is 2. The van der Waals surface area contributed by atoms with Gasteiger partial charge in [0, 0.05) is 70.9 Å². The van der Waals surface area contributed by atoms with E-state index in [0.29, 0.717) is 24.7 Å². The Labute approximate surface area is 185 Å². The summed E-state index contributed by atoms with van der Waals surface area (Å²) >= 11 is 0. The average molecular weight is 446 g/mol. The molecule has 2 aromatic rings. The number of piperidine rings is 1. The second-order valence-electron chi connectivity index (χ2n) is 9.11. The first-order valence-corrected chi connectivity index (χ1v) is 11.2. The van der Waals surface area contributed by atoms with Crippen molar-refractivity contribution < 1.29 is 8.78 Å². The van der Waals surface area contributed by atoms with Gasteiger partial charge in [-0.2, -0.15) is 0 Å². The Hall–Kier alpha value is -2.43.